The van der Waals surface area contributed by atoms with Gasteiger partial charge in [0.25, 0.3) is 0 Å². The Labute approximate surface area is 329 Å². The molecule has 5 rings (SSSR count). The Morgan fingerprint density at radius 2 is 1.25 bits per heavy atom. The van der Waals surface area contributed by atoms with Gasteiger partial charge in [-0.25, -0.2) is 9.78 Å². The molecule has 0 unspecified atom stereocenters. The lowest BCUT2D eigenvalue weighted by atomic mass is 9.85. The minimum Gasteiger partial charge on any atom is -0.444 e. The highest BCUT2D eigenvalue weighted by atomic mass is 16.6. The Morgan fingerprint density at radius 3 is 1.91 bits per heavy atom. The highest BCUT2D eigenvalue weighted by Gasteiger charge is 2.37. The zero-order valence-electron chi connectivity index (χ0n) is 33.3. The third-order valence-electron chi connectivity index (χ3n) is 9.29. The molecule has 0 aliphatic heterocycles. The fourth-order valence-corrected chi connectivity index (χ4v) is 6.51. The fraction of sp³-hybridized carbons (Fsp3) is 0.356. The minimum atomic E-state index is -1.16. The number of fused-ring (bicyclic) bond motifs is 1. The predicted octanol–water partition coefficient (Wildman–Crippen LogP) is 6.66. The average Bonchev–Trinajstić information content (AvgIpc) is 3.58. The number of hydrogen-bond donors (Lipinski definition) is 4. The number of imidazole rings is 1. The van der Waals surface area contributed by atoms with Crippen LogP contribution in [0.4, 0.5) is 4.79 Å². The van der Waals surface area contributed by atoms with E-state index in [9.17, 15) is 19.2 Å². The topological polar surface area (TPSA) is 143 Å². The van der Waals surface area contributed by atoms with Crippen LogP contribution in [0.25, 0.3) is 10.8 Å². The normalized spacial score (nSPS) is 13.8. The van der Waals surface area contributed by atoms with Gasteiger partial charge in [0.1, 0.15) is 23.7 Å². The van der Waals surface area contributed by atoms with Gasteiger partial charge in [0.15, 0.2) is 0 Å². The van der Waals surface area contributed by atoms with Crippen molar-refractivity contribution in [2.75, 3.05) is 0 Å². The summed E-state index contributed by atoms with van der Waals surface area (Å²) in [7, 11) is 0. The first-order valence-corrected chi connectivity index (χ1v) is 19.0. The molecule has 0 bridgehead atoms. The number of rotatable bonds is 14. The number of carbonyl (C=O) groups is 4. The van der Waals surface area contributed by atoms with E-state index >= 15 is 0 Å². The molecule has 1 heterocycles. The van der Waals surface area contributed by atoms with Crippen molar-refractivity contribution in [3.05, 3.63) is 138 Å². The van der Waals surface area contributed by atoms with Crippen LogP contribution in [0, 0.1) is 5.41 Å². The molecule has 0 spiro atoms. The van der Waals surface area contributed by atoms with E-state index in [1.165, 1.54) is 0 Å². The third kappa shape index (κ3) is 11.8. The molecular weight excluding hydrogens is 705 g/mol. The summed E-state index contributed by atoms with van der Waals surface area (Å²) in [5.41, 5.74) is 1.88. The van der Waals surface area contributed by atoms with Crippen molar-refractivity contribution in [3.8, 4) is 0 Å². The Kier molecular flexibility index (Phi) is 13.3. The van der Waals surface area contributed by atoms with Crippen LogP contribution in [0.3, 0.4) is 0 Å². The van der Waals surface area contributed by atoms with E-state index in [-0.39, 0.29) is 24.8 Å². The molecule has 0 aliphatic carbocycles. The van der Waals surface area contributed by atoms with Crippen molar-refractivity contribution in [3.63, 3.8) is 0 Å². The van der Waals surface area contributed by atoms with Gasteiger partial charge in [0, 0.05) is 25.6 Å². The molecule has 11 nitrogen and oxygen atoms in total. The van der Waals surface area contributed by atoms with Crippen molar-refractivity contribution < 1.29 is 23.9 Å². The van der Waals surface area contributed by atoms with Crippen LogP contribution in [0.5, 0.6) is 0 Å². The molecule has 0 radical (unpaired) electrons. The lowest BCUT2D eigenvalue weighted by Crippen LogP contribution is -2.60. The van der Waals surface area contributed by atoms with Gasteiger partial charge >= 0.3 is 6.09 Å². The number of amides is 4. The summed E-state index contributed by atoms with van der Waals surface area (Å²) in [6.45, 7) is 13.3. The zero-order valence-corrected chi connectivity index (χ0v) is 33.3. The quantitative estimate of drug-likeness (QED) is 0.0999. The number of nitrogens with zero attached hydrogens (tertiary/aromatic N) is 2. The second-order valence-corrected chi connectivity index (χ2v) is 16.3. The van der Waals surface area contributed by atoms with Crippen molar-refractivity contribution in [2.24, 2.45) is 5.41 Å². The van der Waals surface area contributed by atoms with Crippen LogP contribution < -0.4 is 21.3 Å². The molecule has 0 saturated heterocycles. The summed E-state index contributed by atoms with van der Waals surface area (Å²) in [6.07, 6.45) is 2.92. The molecule has 4 N–H and O–H groups in total. The summed E-state index contributed by atoms with van der Waals surface area (Å²) < 4.78 is 7.40. The molecule has 4 amide bonds. The first-order chi connectivity index (χ1) is 26.6. The highest BCUT2D eigenvalue weighted by Crippen LogP contribution is 2.26. The van der Waals surface area contributed by atoms with Crippen LogP contribution in [-0.4, -0.2) is 57.1 Å². The van der Waals surface area contributed by atoms with Gasteiger partial charge in [0.2, 0.25) is 17.7 Å². The summed E-state index contributed by atoms with van der Waals surface area (Å²) in [4.78, 5) is 60.2. The van der Waals surface area contributed by atoms with Crippen LogP contribution >= 0.6 is 0 Å². The number of alkyl carbamates (subject to hydrolysis) is 1. The second kappa shape index (κ2) is 18.1. The maximum Gasteiger partial charge on any atom is 0.408 e. The molecule has 4 aromatic carbocycles. The van der Waals surface area contributed by atoms with Crippen molar-refractivity contribution in [2.45, 2.75) is 97.6 Å². The van der Waals surface area contributed by atoms with Gasteiger partial charge in [-0.05, 0) is 60.6 Å². The first kappa shape index (κ1) is 41.2. The van der Waals surface area contributed by atoms with E-state index < -0.39 is 47.0 Å². The number of benzene rings is 4. The molecule has 5 aromatic rings. The summed E-state index contributed by atoms with van der Waals surface area (Å²) in [6, 6.07) is 29.5. The van der Waals surface area contributed by atoms with E-state index in [1.807, 2.05) is 142 Å². The number of ether oxygens (including phenoxy) is 1. The first-order valence-electron chi connectivity index (χ1n) is 19.0. The van der Waals surface area contributed by atoms with E-state index in [0.29, 0.717) is 12.2 Å². The largest absolute Gasteiger partial charge is 0.444 e. The molecule has 0 fully saturated rings. The van der Waals surface area contributed by atoms with Gasteiger partial charge in [-0.3, -0.25) is 14.4 Å². The van der Waals surface area contributed by atoms with E-state index in [1.54, 1.807) is 27.1 Å². The molecule has 0 saturated carbocycles. The zero-order chi connectivity index (χ0) is 40.5. The second-order valence-electron chi connectivity index (χ2n) is 16.3. The SMILES string of the molecule is C[C@H](NC(=O)[C@@H](NC(=O)[C@H](Cc1cn(Cc2ccccc2)cn1)NC(=O)[C@H](Cc1ccccc1)NC(=O)OC(C)(C)C)C(C)(C)C)c1cccc2ccccc12. The molecule has 11 heteroatoms. The van der Waals surface area contributed by atoms with Crippen LogP contribution in [0.1, 0.15) is 76.9 Å². The number of hydrogen-bond acceptors (Lipinski definition) is 6. The van der Waals surface area contributed by atoms with Gasteiger partial charge < -0.3 is 30.6 Å². The molecular formula is C45H54N6O5. The Hall–Kier alpha value is -5.97. The average molecular weight is 759 g/mol. The summed E-state index contributed by atoms with van der Waals surface area (Å²) in [5, 5.41) is 13.8. The highest BCUT2D eigenvalue weighted by molar-refractivity contribution is 5.95. The lowest BCUT2D eigenvalue weighted by Gasteiger charge is -2.33. The fourth-order valence-electron chi connectivity index (χ4n) is 6.51. The molecule has 56 heavy (non-hydrogen) atoms. The number of nitrogens with one attached hydrogen (secondary N) is 4. The maximum atomic E-state index is 14.4. The van der Waals surface area contributed by atoms with Gasteiger partial charge in [-0.15, -0.1) is 0 Å². The van der Waals surface area contributed by atoms with Crippen molar-refractivity contribution in [1.29, 1.82) is 0 Å². The van der Waals surface area contributed by atoms with Gasteiger partial charge in [-0.2, -0.15) is 0 Å². The van der Waals surface area contributed by atoms with Crippen LogP contribution in [-0.2, 0) is 38.5 Å². The smallest absolute Gasteiger partial charge is 0.408 e. The van der Waals surface area contributed by atoms with Gasteiger partial charge in [0.05, 0.1) is 18.1 Å². The van der Waals surface area contributed by atoms with Crippen molar-refractivity contribution in [1.82, 2.24) is 30.8 Å². The molecule has 0 aliphatic rings. The Balaban J connectivity index is 1.40. The standard InChI is InChI=1S/C45H54N6O5/c1-30(35-24-16-22-33-21-14-15-23-36(33)35)47-42(54)39(44(2,3)4)50-41(53)38(26-34-28-51(29-46-34)27-32-19-12-9-13-20-32)48-40(52)37(25-31-17-10-8-11-18-31)49-43(55)56-45(5,6)7/h8-24,28-30,37-39H,25-27H2,1-7H3,(H,47,54)(H,48,52)(H,49,55)(H,50,53)/t30-,37-,38-,39+/m0/s1. The predicted molar refractivity (Wildman–Crippen MR) is 219 cm³/mol. The molecule has 294 valence electrons. The number of aromatic nitrogens is 2. The lowest BCUT2D eigenvalue weighted by molar-refractivity contribution is -0.134. The van der Waals surface area contributed by atoms with E-state index in [2.05, 4.69) is 26.3 Å². The maximum absolute atomic E-state index is 14.4. The molecule has 4 atom stereocenters. The van der Waals surface area contributed by atoms with E-state index in [0.717, 1.165) is 27.5 Å². The number of carbonyl (C=O) groups excluding carboxylic acids is 4. The van der Waals surface area contributed by atoms with Crippen molar-refractivity contribution >= 4 is 34.6 Å². The minimum absolute atomic E-state index is 0.0226. The summed E-state index contributed by atoms with van der Waals surface area (Å²) >= 11 is 0. The van der Waals surface area contributed by atoms with E-state index in [4.69, 9.17) is 4.74 Å². The Bertz CT molecular complexity index is 2100. The van der Waals surface area contributed by atoms with Crippen LogP contribution in [0.15, 0.2) is 116 Å². The summed E-state index contributed by atoms with van der Waals surface area (Å²) in [5.74, 6) is -1.53. The van der Waals surface area contributed by atoms with Crippen LogP contribution in [0.2, 0.25) is 0 Å². The third-order valence-corrected chi connectivity index (χ3v) is 9.29. The van der Waals surface area contributed by atoms with Gasteiger partial charge in [-0.1, -0.05) is 124 Å². The molecule has 1 aromatic heterocycles. The monoisotopic (exact) mass is 758 g/mol. The Morgan fingerprint density at radius 1 is 0.661 bits per heavy atom.